The predicted octanol–water partition coefficient (Wildman–Crippen LogP) is 5.34. The highest BCUT2D eigenvalue weighted by molar-refractivity contribution is 7.80. The van der Waals surface area contributed by atoms with Gasteiger partial charge in [0, 0.05) is 35.5 Å². The molecule has 0 bridgehead atoms. The van der Waals surface area contributed by atoms with Gasteiger partial charge >= 0.3 is 0 Å². The summed E-state index contributed by atoms with van der Waals surface area (Å²) in [7, 11) is 1.59. The standard InChI is InChI=1S/C29H33N3O4S/c1-7-12-31-24-16-25(35-6)19(13-22(24)18(3)17-29(31,4)5)14-23-26(33)30-28(37)32(27(23)34)20-10-9-11-21(15-20)36-8-2/h9-11,13-17H,7-8,12H2,1-6H3,(H,30,33,37)/b23-14-. The van der Waals surface area contributed by atoms with Crippen molar-refractivity contribution >= 4 is 52.2 Å². The third kappa shape index (κ3) is 4.98. The van der Waals surface area contributed by atoms with Crippen molar-refractivity contribution in [1.29, 1.82) is 0 Å². The Labute approximate surface area is 223 Å². The third-order valence-electron chi connectivity index (χ3n) is 6.56. The first-order chi connectivity index (χ1) is 17.6. The Morgan fingerprint density at radius 3 is 2.57 bits per heavy atom. The lowest BCUT2D eigenvalue weighted by Gasteiger charge is -2.43. The van der Waals surface area contributed by atoms with Gasteiger partial charge < -0.3 is 14.4 Å². The van der Waals surface area contributed by atoms with Crippen molar-refractivity contribution in [3.05, 3.63) is 59.2 Å². The smallest absolute Gasteiger partial charge is 0.270 e. The topological polar surface area (TPSA) is 71.1 Å². The van der Waals surface area contributed by atoms with E-state index in [1.807, 2.05) is 19.1 Å². The number of carbonyl (C=O) groups excluding carboxylic acids is 2. The summed E-state index contributed by atoms with van der Waals surface area (Å²) in [5.41, 5.74) is 4.21. The summed E-state index contributed by atoms with van der Waals surface area (Å²) in [6.07, 6.45) is 4.83. The van der Waals surface area contributed by atoms with Gasteiger partial charge in [0.15, 0.2) is 5.11 Å². The highest BCUT2D eigenvalue weighted by Gasteiger charge is 2.36. The predicted molar refractivity (Wildman–Crippen MR) is 152 cm³/mol. The van der Waals surface area contributed by atoms with Crippen molar-refractivity contribution in [3.8, 4) is 11.5 Å². The number of ether oxygens (including phenoxy) is 2. The molecule has 2 aromatic carbocycles. The number of amides is 2. The van der Waals surface area contributed by atoms with Gasteiger partial charge in [0.1, 0.15) is 17.1 Å². The number of allylic oxidation sites excluding steroid dienone is 1. The second kappa shape index (κ2) is 10.4. The van der Waals surface area contributed by atoms with Crippen LogP contribution in [0.3, 0.4) is 0 Å². The van der Waals surface area contributed by atoms with Crippen LogP contribution in [0.4, 0.5) is 11.4 Å². The SMILES string of the molecule is CCCN1c2cc(OC)c(/C=C3/C(=O)NC(=S)N(c4cccc(OCC)c4)C3=O)cc2C(C)=CC1(C)C. The van der Waals surface area contributed by atoms with Gasteiger partial charge in [0.25, 0.3) is 11.8 Å². The average molecular weight is 520 g/mol. The molecule has 0 atom stereocenters. The molecule has 1 N–H and O–H groups in total. The summed E-state index contributed by atoms with van der Waals surface area (Å²) in [6, 6.07) is 11.0. The molecule has 2 heterocycles. The number of rotatable bonds is 7. The van der Waals surface area contributed by atoms with Crippen LogP contribution in [0.2, 0.25) is 0 Å². The molecule has 7 nitrogen and oxygen atoms in total. The fraction of sp³-hybridized carbons (Fsp3) is 0.345. The minimum absolute atomic E-state index is 0.0226. The van der Waals surface area contributed by atoms with Gasteiger partial charge in [-0.3, -0.25) is 19.8 Å². The molecule has 1 fully saturated rings. The van der Waals surface area contributed by atoms with Crippen LogP contribution in [0.5, 0.6) is 11.5 Å². The monoisotopic (exact) mass is 519 g/mol. The highest BCUT2D eigenvalue weighted by Crippen LogP contribution is 2.43. The first kappa shape index (κ1) is 26.4. The molecule has 0 aromatic heterocycles. The molecule has 37 heavy (non-hydrogen) atoms. The summed E-state index contributed by atoms with van der Waals surface area (Å²) in [5, 5.41) is 2.67. The normalized spacial score (nSPS) is 17.9. The van der Waals surface area contributed by atoms with Gasteiger partial charge in [-0.25, -0.2) is 0 Å². The number of methoxy groups -OCH3 is 1. The molecule has 2 aliphatic rings. The molecular formula is C29H33N3O4S. The molecule has 0 radical (unpaired) electrons. The molecule has 194 valence electrons. The molecule has 0 saturated carbocycles. The maximum absolute atomic E-state index is 13.6. The van der Waals surface area contributed by atoms with Crippen LogP contribution in [-0.2, 0) is 9.59 Å². The Kier molecular flexibility index (Phi) is 7.41. The summed E-state index contributed by atoms with van der Waals surface area (Å²) in [5.74, 6) is 0.129. The van der Waals surface area contributed by atoms with E-state index in [4.69, 9.17) is 21.7 Å². The Bertz CT molecular complexity index is 1330. The quantitative estimate of drug-likeness (QED) is 0.303. The Morgan fingerprint density at radius 2 is 1.89 bits per heavy atom. The van der Waals surface area contributed by atoms with Crippen molar-refractivity contribution in [1.82, 2.24) is 5.32 Å². The van der Waals surface area contributed by atoms with Gasteiger partial charge in [0.05, 0.1) is 24.9 Å². The number of anilines is 2. The molecule has 2 amide bonds. The molecule has 2 aromatic rings. The van der Waals surface area contributed by atoms with E-state index in [2.05, 4.69) is 44.0 Å². The number of hydrogen-bond acceptors (Lipinski definition) is 6. The molecule has 4 rings (SSSR count). The van der Waals surface area contributed by atoms with E-state index in [0.717, 1.165) is 29.8 Å². The maximum atomic E-state index is 13.6. The zero-order valence-electron chi connectivity index (χ0n) is 22.2. The van der Waals surface area contributed by atoms with Crippen LogP contribution in [0, 0.1) is 0 Å². The number of hydrogen-bond donors (Lipinski definition) is 1. The Hall–Kier alpha value is -3.65. The van der Waals surface area contributed by atoms with Crippen molar-refractivity contribution in [2.75, 3.05) is 30.1 Å². The number of nitrogens with zero attached hydrogens (tertiary/aromatic N) is 2. The summed E-state index contributed by atoms with van der Waals surface area (Å²) >= 11 is 5.36. The number of benzene rings is 2. The average Bonchev–Trinajstić information content (AvgIpc) is 2.84. The fourth-order valence-corrected chi connectivity index (χ4v) is 5.25. The highest BCUT2D eigenvalue weighted by atomic mass is 32.1. The van der Waals surface area contributed by atoms with Crippen LogP contribution in [-0.4, -0.2) is 42.7 Å². The van der Waals surface area contributed by atoms with E-state index in [9.17, 15) is 9.59 Å². The zero-order chi connectivity index (χ0) is 26.9. The summed E-state index contributed by atoms with van der Waals surface area (Å²) in [6.45, 7) is 11.9. The van der Waals surface area contributed by atoms with E-state index in [1.54, 1.807) is 37.5 Å². The maximum Gasteiger partial charge on any atom is 0.270 e. The van der Waals surface area contributed by atoms with E-state index in [1.165, 1.54) is 4.90 Å². The van der Waals surface area contributed by atoms with Crippen LogP contribution in [0.25, 0.3) is 11.6 Å². The van der Waals surface area contributed by atoms with Crippen LogP contribution >= 0.6 is 12.2 Å². The molecule has 0 aliphatic carbocycles. The summed E-state index contributed by atoms with van der Waals surface area (Å²) < 4.78 is 11.3. The first-order valence-electron chi connectivity index (χ1n) is 12.4. The zero-order valence-corrected chi connectivity index (χ0v) is 23.0. The van der Waals surface area contributed by atoms with Crippen molar-refractivity contribution < 1.29 is 19.1 Å². The van der Waals surface area contributed by atoms with E-state index in [-0.39, 0.29) is 16.2 Å². The lowest BCUT2D eigenvalue weighted by Crippen LogP contribution is -2.54. The Morgan fingerprint density at radius 1 is 1.14 bits per heavy atom. The van der Waals surface area contributed by atoms with Crippen LogP contribution < -0.4 is 24.6 Å². The molecule has 1 saturated heterocycles. The molecule has 0 spiro atoms. The van der Waals surface area contributed by atoms with Gasteiger partial charge in [-0.15, -0.1) is 0 Å². The van der Waals surface area contributed by atoms with E-state index < -0.39 is 11.8 Å². The Balaban J connectivity index is 1.80. The largest absolute Gasteiger partial charge is 0.496 e. The lowest BCUT2D eigenvalue weighted by atomic mass is 9.87. The number of nitrogens with one attached hydrogen (secondary N) is 1. The third-order valence-corrected chi connectivity index (χ3v) is 6.85. The number of fused-ring (bicyclic) bond motifs is 1. The number of carbonyl (C=O) groups is 2. The second-order valence-corrected chi connectivity index (χ2v) is 10.0. The fourth-order valence-electron chi connectivity index (χ4n) is 4.97. The molecule has 8 heteroatoms. The van der Waals surface area contributed by atoms with Crippen LogP contribution in [0.15, 0.2) is 48.0 Å². The van der Waals surface area contributed by atoms with E-state index >= 15 is 0 Å². The molecule has 0 unspecified atom stereocenters. The molecular weight excluding hydrogens is 486 g/mol. The lowest BCUT2D eigenvalue weighted by molar-refractivity contribution is -0.122. The van der Waals surface area contributed by atoms with E-state index in [0.29, 0.717) is 29.4 Å². The molecule has 2 aliphatic heterocycles. The first-order valence-corrected chi connectivity index (χ1v) is 12.9. The van der Waals surface area contributed by atoms with Crippen molar-refractivity contribution in [3.63, 3.8) is 0 Å². The van der Waals surface area contributed by atoms with Crippen LogP contribution in [0.1, 0.15) is 52.2 Å². The van der Waals surface area contributed by atoms with Gasteiger partial charge in [-0.2, -0.15) is 0 Å². The van der Waals surface area contributed by atoms with Gasteiger partial charge in [-0.05, 0) is 76.2 Å². The minimum atomic E-state index is -0.548. The van der Waals surface area contributed by atoms with Crippen molar-refractivity contribution in [2.45, 2.75) is 46.6 Å². The minimum Gasteiger partial charge on any atom is -0.496 e. The number of thiocarbonyl (C=S) groups is 1. The van der Waals surface area contributed by atoms with Gasteiger partial charge in [-0.1, -0.05) is 19.1 Å². The summed E-state index contributed by atoms with van der Waals surface area (Å²) in [4.78, 5) is 30.2. The van der Waals surface area contributed by atoms with Gasteiger partial charge in [0.2, 0.25) is 0 Å². The van der Waals surface area contributed by atoms with Crippen molar-refractivity contribution in [2.24, 2.45) is 0 Å². The second-order valence-electron chi connectivity index (χ2n) is 9.63.